The van der Waals surface area contributed by atoms with Gasteiger partial charge in [-0.3, -0.25) is 0 Å². The van der Waals surface area contributed by atoms with E-state index < -0.39 is 0 Å². The van der Waals surface area contributed by atoms with Crippen LogP contribution in [0.15, 0.2) is 24.7 Å². The Morgan fingerprint density at radius 2 is 2.43 bits per heavy atom. The van der Waals surface area contributed by atoms with Crippen molar-refractivity contribution < 1.29 is 5.11 Å². The Kier molecular flexibility index (Phi) is 2.45. The van der Waals surface area contributed by atoms with Crippen molar-refractivity contribution in [3.8, 4) is 0 Å². The molecule has 0 saturated heterocycles. The van der Waals surface area contributed by atoms with Crippen molar-refractivity contribution in [2.24, 2.45) is 0 Å². The van der Waals surface area contributed by atoms with Gasteiger partial charge in [0.15, 0.2) is 5.65 Å². The number of nitrogens with zero attached hydrogens (tertiary/aromatic N) is 3. The molecule has 2 aromatic rings. The first-order chi connectivity index (χ1) is 6.75. The monoisotopic (exact) mass is 191 g/mol. The molecule has 74 valence electrons. The summed E-state index contributed by atoms with van der Waals surface area (Å²) in [6, 6.07) is 1.86. The van der Waals surface area contributed by atoms with Crippen LogP contribution in [0.3, 0.4) is 0 Å². The molecule has 2 aromatic heterocycles. The zero-order valence-corrected chi connectivity index (χ0v) is 8.09. The number of hydrogen-bond donors (Lipinski definition) is 1. The molecule has 0 aliphatic carbocycles. The molecular weight excluding hydrogens is 178 g/mol. The molecule has 1 atom stereocenters. The number of aliphatic hydroxyl groups excluding tert-OH is 1. The second-order valence-electron chi connectivity index (χ2n) is 3.48. The molecule has 0 bridgehead atoms. The minimum absolute atomic E-state index is 0.261. The maximum absolute atomic E-state index is 9.14. The SMILES string of the molecule is CC(O)CCc1cnc2ccnn2c1. The van der Waals surface area contributed by atoms with Crippen LogP contribution in [-0.4, -0.2) is 25.8 Å². The number of rotatable bonds is 3. The van der Waals surface area contributed by atoms with Gasteiger partial charge in [0, 0.05) is 18.5 Å². The van der Waals surface area contributed by atoms with Gasteiger partial charge in [0.25, 0.3) is 0 Å². The highest BCUT2D eigenvalue weighted by Crippen LogP contribution is 2.05. The lowest BCUT2D eigenvalue weighted by molar-refractivity contribution is 0.185. The molecule has 0 aliphatic heterocycles. The van der Waals surface area contributed by atoms with E-state index in [1.165, 1.54) is 0 Å². The third-order valence-electron chi connectivity index (χ3n) is 2.15. The molecule has 0 amide bonds. The van der Waals surface area contributed by atoms with Crippen LogP contribution in [0.2, 0.25) is 0 Å². The first-order valence-electron chi connectivity index (χ1n) is 4.72. The van der Waals surface area contributed by atoms with E-state index >= 15 is 0 Å². The Morgan fingerprint density at radius 3 is 3.21 bits per heavy atom. The molecule has 1 unspecified atom stereocenters. The predicted octanol–water partition coefficient (Wildman–Crippen LogP) is 1.04. The van der Waals surface area contributed by atoms with Crippen molar-refractivity contribution in [1.29, 1.82) is 0 Å². The molecule has 14 heavy (non-hydrogen) atoms. The summed E-state index contributed by atoms with van der Waals surface area (Å²) in [5, 5.41) is 13.2. The molecule has 0 spiro atoms. The van der Waals surface area contributed by atoms with Gasteiger partial charge in [0.1, 0.15) is 0 Å². The smallest absolute Gasteiger partial charge is 0.154 e. The molecule has 4 heteroatoms. The summed E-state index contributed by atoms with van der Waals surface area (Å²) >= 11 is 0. The van der Waals surface area contributed by atoms with E-state index in [2.05, 4.69) is 10.1 Å². The maximum Gasteiger partial charge on any atom is 0.154 e. The minimum Gasteiger partial charge on any atom is -0.393 e. The van der Waals surface area contributed by atoms with Gasteiger partial charge in [-0.15, -0.1) is 0 Å². The van der Waals surface area contributed by atoms with E-state index in [4.69, 9.17) is 5.11 Å². The van der Waals surface area contributed by atoms with Gasteiger partial charge >= 0.3 is 0 Å². The van der Waals surface area contributed by atoms with Gasteiger partial charge in [-0.25, -0.2) is 9.50 Å². The lowest BCUT2D eigenvalue weighted by Gasteiger charge is -2.03. The highest BCUT2D eigenvalue weighted by Gasteiger charge is 2.00. The van der Waals surface area contributed by atoms with Crippen molar-refractivity contribution in [3.63, 3.8) is 0 Å². The van der Waals surface area contributed by atoms with E-state index in [1.807, 2.05) is 18.5 Å². The van der Waals surface area contributed by atoms with Crippen LogP contribution in [0.5, 0.6) is 0 Å². The highest BCUT2D eigenvalue weighted by molar-refractivity contribution is 5.35. The number of fused-ring (bicyclic) bond motifs is 1. The summed E-state index contributed by atoms with van der Waals surface area (Å²) in [6.45, 7) is 1.79. The first-order valence-corrected chi connectivity index (χ1v) is 4.72. The Bertz CT molecular complexity index is 422. The third kappa shape index (κ3) is 1.90. The molecule has 0 saturated carbocycles. The Hall–Kier alpha value is -1.42. The van der Waals surface area contributed by atoms with Crippen LogP contribution in [-0.2, 0) is 6.42 Å². The van der Waals surface area contributed by atoms with Crippen LogP contribution in [0, 0.1) is 0 Å². The largest absolute Gasteiger partial charge is 0.393 e. The Balaban J connectivity index is 2.17. The fraction of sp³-hybridized carbons (Fsp3) is 0.400. The number of aryl methyl sites for hydroxylation is 1. The topological polar surface area (TPSA) is 50.4 Å². The molecule has 1 N–H and O–H groups in total. The molecule has 0 fully saturated rings. The minimum atomic E-state index is -0.261. The Labute approximate surface area is 82.2 Å². The molecule has 0 radical (unpaired) electrons. The molecule has 0 aromatic carbocycles. The second-order valence-corrected chi connectivity index (χ2v) is 3.48. The van der Waals surface area contributed by atoms with E-state index in [1.54, 1.807) is 17.6 Å². The van der Waals surface area contributed by atoms with E-state index in [0.29, 0.717) is 0 Å². The number of hydrogen-bond acceptors (Lipinski definition) is 3. The second kappa shape index (κ2) is 3.75. The first kappa shape index (κ1) is 9.15. The highest BCUT2D eigenvalue weighted by atomic mass is 16.3. The third-order valence-corrected chi connectivity index (χ3v) is 2.15. The van der Waals surface area contributed by atoms with Crippen molar-refractivity contribution in [1.82, 2.24) is 14.6 Å². The van der Waals surface area contributed by atoms with Gasteiger partial charge in [0.2, 0.25) is 0 Å². The van der Waals surface area contributed by atoms with Gasteiger partial charge < -0.3 is 5.11 Å². The zero-order chi connectivity index (χ0) is 9.97. The summed E-state index contributed by atoms with van der Waals surface area (Å²) in [7, 11) is 0. The summed E-state index contributed by atoms with van der Waals surface area (Å²) in [6.07, 6.45) is 6.84. The van der Waals surface area contributed by atoms with Crippen molar-refractivity contribution in [2.75, 3.05) is 0 Å². The van der Waals surface area contributed by atoms with Crippen LogP contribution >= 0.6 is 0 Å². The van der Waals surface area contributed by atoms with Gasteiger partial charge in [-0.1, -0.05) is 0 Å². The predicted molar refractivity (Wildman–Crippen MR) is 53.0 cm³/mol. The van der Waals surface area contributed by atoms with E-state index in [0.717, 1.165) is 24.1 Å². The average molecular weight is 191 g/mol. The van der Waals surface area contributed by atoms with Crippen molar-refractivity contribution in [3.05, 3.63) is 30.2 Å². The van der Waals surface area contributed by atoms with Crippen molar-refractivity contribution in [2.45, 2.75) is 25.9 Å². The molecule has 4 nitrogen and oxygen atoms in total. The van der Waals surface area contributed by atoms with Gasteiger partial charge in [-0.05, 0) is 25.3 Å². The molecule has 0 aliphatic rings. The number of aliphatic hydroxyl groups is 1. The van der Waals surface area contributed by atoms with E-state index in [-0.39, 0.29) is 6.10 Å². The summed E-state index contributed by atoms with van der Waals surface area (Å²) in [5.41, 5.74) is 1.95. The van der Waals surface area contributed by atoms with Crippen LogP contribution in [0.1, 0.15) is 18.9 Å². The fourth-order valence-electron chi connectivity index (χ4n) is 1.35. The zero-order valence-electron chi connectivity index (χ0n) is 8.09. The normalized spacial score (nSPS) is 13.3. The molecular formula is C10H13N3O. The van der Waals surface area contributed by atoms with Crippen molar-refractivity contribution >= 4 is 5.65 Å². The quantitative estimate of drug-likeness (QED) is 0.788. The van der Waals surface area contributed by atoms with Crippen LogP contribution in [0.25, 0.3) is 5.65 Å². The summed E-state index contributed by atoms with van der Waals surface area (Å²) < 4.78 is 1.75. The molecule has 2 heterocycles. The standard InChI is InChI=1S/C10H13N3O/c1-8(14)2-3-9-6-11-10-4-5-12-13(10)7-9/h4-8,14H,2-3H2,1H3. The van der Waals surface area contributed by atoms with E-state index in [9.17, 15) is 0 Å². The molecule has 2 rings (SSSR count). The van der Waals surface area contributed by atoms with Crippen LogP contribution < -0.4 is 0 Å². The average Bonchev–Trinajstić information content (AvgIpc) is 2.61. The fourth-order valence-corrected chi connectivity index (χ4v) is 1.35. The number of aromatic nitrogens is 3. The maximum atomic E-state index is 9.14. The summed E-state index contributed by atoms with van der Waals surface area (Å²) in [4.78, 5) is 4.24. The Morgan fingerprint density at radius 1 is 1.57 bits per heavy atom. The van der Waals surface area contributed by atoms with Crippen LogP contribution in [0.4, 0.5) is 0 Å². The lowest BCUT2D eigenvalue weighted by Crippen LogP contribution is -2.02. The lowest BCUT2D eigenvalue weighted by atomic mass is 10.1. The van der Waals surface area contributed by atoms with Gasteiger partial charge in [-0.2, -0.15) is 5.10 Å². The summed E-state index contributed by atoms with van der Waals surface area (Å²) in [5.74, 6) is 0. The van der Waals surface area contributed by atoms with Gasteiger partial charge in [0.05, 0.1) is 12.3 Å².